The lowest BCUT2D eigenvalue weighted by Crippen LogP contribution is -2.41. The van der Waals surface area contributed by atoms with Crippen molar-refractivity contribution in [3.63, 3.8) is 0 Å². The van der Waals surface area contributed by atoms with Crippen LogP contribution in [0, 0.1) is 5.92 Å². The molecule has 0 bridgehead atoms. The fourth-order valence-corrected chi connectivity index (χ4v) is 6.92. The molecule has 166 valence electrons. The van der Waals surface area contributed by atoms with Crippen LogP contribution < -0.4 is 16.0 Å². The second-order valence-electron chi connectivity index (χ2n) is 7.64. The quantitative estimate of drug-likeness (QED) is 0.526. The monoisotopic (exact) mass is 482 g/mol. The highest BCUT2D eigenvalue weighted by Gasteiger charge is 2.28. The van der Waals surface area contributed by atoms with Crippen LogP contribution in [0.2, 0.25) is 0 Å². The molecule has 3 amide bonds. The smallest absolute Gasteiger partial charge is 0.230 e. The van der Waals surface area contributed by atoms with Crippen LogP contribution in [0.5, 0.6) is 0 Å². The van der Waals surface area contributed by atoms with E-state index in [2.05, 4.69) is 20.9 Å². The average Bonchev–Trinajstić information content (AvgIpc) is 3.33. The molecule has 2 saturated heterocycles. The van der Waals surface area contributed by atoms with Crippen LogP contribution in [0.1, 0.15) is 19.3 Å². The molecule has 31 heavy (non-hydrogen) atoms. The molecule has 1 aromatic carbocycles. The standard InChI is InChI=1S/C19H22N4O5S3/c24-16-7-11(9-20-16)18(26)22-13-1-2-14-15(8-13)30-19(23-14)29-10-17(25)21-12-3-5-31(27,28)6-4-12/h1-2,8,11-12H,3-7,9-10H2,(H,20,24)(H,21,25)(H,22,26)/t11-/m0/s1. The lowest BCUT2D eigenvalue weighted by molar-refractivity contribution is -0.123. The number of anilines is 1. The van der Waals surface area contributed by atoms with Gasteiger partial charge in [0.15, 0.2) is 4.34 Å². The van der Waals surface area contributed by atoms with Gasteiger partial charge in [0.1, 0.15) is 9.84 Å². The topological polar surface area (TPSA) is 134 Å². The number of fused-ring (bicyclic) bond motifs is 1. The van der Waals surface area contributed by atoms with E-state index in [0.29, 0.717) is 25.1 Å². The molecule has 0 aliphatic carbocycles. The number of carbonyl (C=O) groups excluding carboxylic acids is 3. The zero-order valence-corrected chi connectivity index (χ0v) is 19.0. The van der Waals surface area contributed by atoms with E-state index in [1.807, 2.05) is 12.1 Å². The van der Waals surface area contributed by atoms with Gasteiger partial charge in [-0.2, -0.15) is 0 Å². The molecule has 9 nitrogen and oxygen atoms in total. The van der Waals surface area contributed by atoms with Crippen LogP contribution in [0.3, 0.4) is 0 Å². The maximum atomic E-state index is 12.3. The van der Waals surface area contributed by atoms with E-state index in [1.54, 1.807) is 6.07 Å². The maximum absolute atomic E-state index is 12.3. The highest BCUT2D eigenvalue weighted by atomic mass is 32.2. The van der Waals surface area contributed by atoms with Gasteiger partial charge in [0.05, 0.1) is 33.4 Å². The Kier molecular flexibility index (Phi) is 6.49. The van der Waals surface area contributed by atoms with Gasteiger partial charge in [-0.25, -0.2) is 13.4 Å². The summed E-state index contributed by atoms with van der Waals surface area (Å²) in [5.41, 5.74) is 1.42. The molecule has 2 aliphatic heterocycles. The third-order valence-electron chi connectivity index (χ3n) is 5.23. The van der Waals surface area contributed by atoms with E-state index < -0.39 is 9.84 Å². The minimum atomic E-state index is -2.95. The Bertz CT molecular complexity index is 1120. The fourth-order valence-electron chi connectivity index (χ4n) is 3.51. The van der Waals surface area contributed by atoms with Crippen LogP contribution >= 0.6 is 23.1 Å². The number of aromatic nitrogens is 1. The Hall–Kier alpha value is -2.18. The number of nitrogens with one attached hydrogen (secondary N) is 3. The van der Waals surface area contributed by atoms with E-state index in [0.717, 1.165) is 14.6 Å². The number of amides is 3. The van der Waals surface area contributed by atoms with Gasteiger partial charge < -0.3 is 16.0 Å². The van der Waals surface area contributed by atoms with E-state index in [4.69, 9.17) is 0 Å². The number of nitrogens with zero attached hydrogens (tertiary/aromatic N) is 1. The maximum Gasteiger partial charge on any atom is 0.230 e. The second-order valence-corrected chi connectivity index (χ2v) is 12.2. The van der Waals surface area contributed by atoms with Gasteiger partial charge in [-0.05, 0) is 31.0 Å². The molecule has 1 aromatic heterocycles. The van der Waals surface area contributed by atoms with Crippen molar-refractivity contribution in [2.75, 3.05) is 29.1 Å². The average molecular weight is 483 g/mol. The summed E-state index contributed by atoms with van der Waals surface area (Å²) in [6.45, 7) is 0.354. The van der Waals surface area contributed by atoms with Crippen LogP contribution in [-0.2, 0) is 24.2 Å². The van der Waals surface area contributed by atoms with Crippen molar-refractivity contribution in [3.05, 3.63) is 18.2 Å². The molecular weight excluding hydrogens is 460 g/mol. The largest absolute Gasteiger partial charge is 0.355 e. The van der Waals surface area contributed by atoms with Crippen LogP contribution in [0.4, 0.5) is 5.69 Å². The molecule has 2 aliphatic rings. The third kappa shape index (κ3) is 5.74. The molecule has 2 fully saturated rings. The molecule has 4 rings (SSSR count). The van der Waals surface area contributed by atoms with Crippen molar-refractivity contribution in [3.8, 4) is 0 Å². The Morgan fingerprint density at radius 3 is 2.74 bits per heavy atom. The van der Waals surface area contributed by atoms with Gasteiger partial charge in [0.25, 0.3) is 0 Å². The number of rotatable bonds is 6. The Morgan fingerprint density at radius 2 is 2.03 bits per heavy atom. The number of thioether (sulfide) groups is 1. The summed E-state index contributed by atoms with van der Waals surface area (Å²) in [6.07, 6.45) is 1.12. The first-order valence-electron chi connectivity index (χ1n) is 9.88. The van der Waals surface area contributed by atoms with Gasteiger partial charge in [-0.15, -0.1) is 11.3 Å². The van der Waals surface area contributed by atoms with Crippen LogP contribution in [0.15, 0.2) is 22.5 Å². The molecule has 2 aromatic rings. The molecule has 0 radical (unpaired) electrons. The predicted octanol–water partition coefficient (Wildman–Crippen LogP) is 1.16. The van der Waals surface area contributed by atoms with Crippen molar-refractivity contribution >= 4 is 66.6 Å². The number of hydrogen-bond acceptors (Lipinski definition) is 8. The van der Waals surface area contributed by atoms with Gasteiger partial charge in [-0.1, -0.05) is 11.8 Å². The van der Waals surface area contributed by atoms with E-state index in [1.165, 1.54) is 23.1 Å². The molecule has 3 heterocycles. The second kappa shape index (κ2) is 9.13. The summed E-state index contributed by atoms with van der Waals surface area (Å²) in [5, 5.41) is 8.39. The normalized spacial score (nSPS) is 21.0. The van der Waals surface area contributed by atoms with Gasteiger partial charge >= 0.3 is 0 Å². The molecule has 1 atom stereocenters. The molecule has 3 N–H and O–H groups in total. The SMILES string of the molecule is O=C1C[C@H](C(=O)Nc2ccc3nc(SCC(=O)NC4CCS(=O)(=O)CC4)sc3c2)CN1. The Balaban J connectivity index is 1.30. The third-order valence-corrected chi connectivity index (χ3v) is 9.11. The molecular formula is C19H22N4O5S3. The van der Waals surface area contributed by atoms with Gasteiger partial charge in [0, 0.05) is 24.7 Å². The van der Waals surface area contributed by atoms with Crippen LogP contribution in [-0.4, -0.2) is 61.0 Å². The van der Waals surface area contributed by atoms with Crippen molar-refractivity contribution in [1.82, 2.24) is 15.6 Å². The first kappa shape index (κ1) is 22.0. The summed E-state index contributed by atoms with van der Waals surface area (Å²) in [4.78, 5) is 40.3. The minimum absolute atomic E-state index is 0.0940. The summed E-state index contributed by atoms with van der Waals surface area (Å²) >= 11 is 2.76. The van der Waals surface area contributed by atoms with Crippen LogP contribution in [0.25, 0.3) is 10.2 Å². The van der Waals surface area contributed by atoms with Crippen molar-refractivity contribution in [1.29, 1.82) is 0 Å². The van der Waals surface area contributed by atoms with Crippen molar-refractivity contribution < 1.29 is 22.8 Å². The fraction of sp³-hybridized carbons (Fsp3) is 0.474. The first-order valence-corrected chi connectivity index (χ1v) is 13.5. The lowest BCUT2D eigenvalue weighted by Gasteiger charge is -2.22. The summed E-state index contributed by atoms with van der Waals surface area (Å²) in [5.74, 6) is -0.360. The number of carbonyl (C=O) groups is 3. The summed E-state index contributed by atoms with van der Waals surface area (Å²) < 4.78 is 24.6. The van der Waals surface area contributed by atoms with E-state index >= 15 is 0 Å². The number of benzene rings is 1. The zero-order chi connectivity index (χ0) is 22.0. The summed E-state index contributed by atoms with van der Waals surface area (Å²) in [7, 11) is -2.95. The van der Waals surface area contributed by atoms with Crippen molar-refractivity contribution in [2.45, 2.75) is 29.6 Å². The Labute approximate surface area is 187 Å². The molecule has 0 spiro atoms. The number of sulfone groups is 1. The molecule has 0 unspecified atom stereocenters. The highest BCUT2D eigenvalue weighted by molar-refractivity contribution is 8.01. The zero-order valence-electron chi connectivity index (χ0n) is 16.5. The lowest BCUT2D eigenvalue weighted by atomic mass is 10.1. The van der Waals surface area contributed by atoms with Gasteiger partial charge in [-0.3, -0.25) is 14.4 Å². The van der Waals surface area contributed by atoms with Gasteiger partial charge in [0.2, 0.25) is 17.7 Å². The molecule has 0 saturated carbocycles. The van der Waals surface area contributed by atoms with E-state index in [9.17, 15) is 22.8 Å². The molecule has 12 heteroatoms. The van der Waals surface area contributed by atoms with E-state index in [-0.39, 0.29) is 53.4 Å². The number of thiazole rings is 1. The number of hydrogen-bond donors (Lipinski definition) is 3. The van der Waals surface area contributed by atoms with Crippen molar-refractivity contribution in [2.24, 2.45) is 5.92 Å². The Morgan fingerprint density at radius 1 is 1.26 bits per heavy atom. The summed E-state index contributed by atoms with van der Waals surface area (Å²) in [6, 6.07) is 5.32. The highest BCUT2D eigenvalue weighted by Crippen LogP contribution is 2.31. The minimum Gasteiger partial charge on any atom is -0.355 e. The first-order chi connectivity index (χ1) is 14.8. The predicted molar refractivity (Wildman–Crippen MR) is 120 cm³/mol.